The maximum atomic E-state index is 11.6. The number of methoxy groups -OCH3 is 1. The third kappa shape index (κ3) is 5.02. The van der Waals surface area contributed by atoms with Crippen LogP contribution in [0.3, 0.4) is 0 Å². The Morgan fingerprint density at radius 1 is 1.32 bits per heavy atom. The highest BCUT2D eigenvalue weighted by atomic mass is 32.2. The van der Waals surface area contributed by atoms with Crippen molar-refractivity contribution in [1.29, 1.82) is 0 Å². The van der Waals surface area contributed by atoms with Crippen molar-refractivity contribution in [2.45, 2.75) is 25.3 Å². The summed E-state index contributed by atoms with van der Waals surface area (Å²) in [4.78, 5) is 2.45. The Labute approximate surface area is 116 Å². The molecule has 2 heterocycles. The van der Waals surface area contributed by atoms with Gasteiger partial charge in [-0.1, -0.05) is 0 Å². The number of sulfone groups is 1. The lowest BCUT2D eigenvalue weighted by atomic mass is 9.97. The van der Waals surface area contributed by atoms with Gasteiger partial charge in [-0.2, -0.15) is 0 Å². The zero-order valence-electron chi connectivity index (χ0n) is 11.8. The fourth-order valence-electron chi connectivity index (χ4n) is 3.00. The van der Waals surface area contributed by atoms with Crippen LogP contribution in [0.4, 0.5) is 0 Å². The van der Waals surface area contributed by atoms with Gasteiger partial charge in [0.1, 0.15) is 0 Å². The van der Waals surface area contributed by atoms with E-state index in [0.717, 1.165) is 32.7 Å². The van der Waals surface area contributed by atoms with Crippen molar-refractivity contribution in [3.63, 3.8) is 0 Å². The molecule has 5 nitrogen and oxygen atoms in total. The summed E-state index contributed by atoms with van der Waals surface area (Å²) in [5.41, 5.74) is 0. The van der Waals surface area contributed by atoms with Gasteiger partial charge in [0.2, 0.25) is 0 Å². The van der Waals surface area contributed by atoms with Crippen LogP contribution in [0.15, 0.2) is 0 Å². The molecule has 1 N–H and O–H groups in total. The first-order valence-electron chi connectivity index (χ1n) is 7.24. The van der Waals surface area contributed by atoms with Gasteiger partial charge < -0.3 is 15.0 Å². The maximum Gasteiger partial charge on any atom is 0.153 e. The van der Waals surface area contributed by atoms with Crippen LogP contribution in [-0.4, -0.2) is 70.8 Å². The van der Waals surface area contributed by atoms with E-state index in [1.165, 1.54) is 12.8 Å². The van der Waals surface area contributed by atoms with Gasteiger partial charge in [0.25, 0.3) is 0 Å². The summed E-state index contributed by atoms with van der Waals surface area (Å²) in [6.07, 6.45) is 3.34. The van der Waals surface area contributed by atoms with E-state index in [1.54, 1.807) is 7.11 Å². The Balaban J connectivity index is 1.66. The first-order chi connectivity index (χ1) is 9.09. The Hall–Kier alpha value is -0.170. The molecule has 2 rings (SSSR count). The molecule has 2 fully saturated rings. The van der Waals surface area contributed by atoms with E-state index >= 15 is 0 Å². The molecule has 0 aromatic carbocycles. The van der Waals surface area contributed by atoms with E-state index < -0.39 is 9.84 Å². The van der Waals surface area contributed by atoms with Crippen LogP contribution in [0.5, 0.6) is 0 Å². The van der Waals surface area contributed by atoms with Gasteiger partial charge in [-0.15, -0.1) is 0 Å². The van der Waals surface area contributed by atoms with Crippen LogP contribution in [0.25, 0.3) is 0 Å². The molecule has 2 aliphatic heterocycles. The normalized spacial score (nSPS) is 29.4. The summed E-state index contributed by atoms with van der Waals surface area (Å²) in [5, 5.41) is 3.32. The highest BCUT2D eigenvalue weighted by Crippen LogP contribution is 2.18. The first kappa shape index (κ1) is 15.2. The van der Waals surface area contributed by atoms with Gasteiger partial charge in [-0.05, 0) is 44.8 Å². The molecule has 6 heteroatoms. The van der Waals surface area contributed by atoms with Crippen LogP contribution >= 0.6 is 0 Å². The van der Waals surface area contributed by atoms with Crippen molar-refractivity contribution in [3.8, 4) is 0 Å². The minimum atomic E-state index is -2.80. The van der Waals surface area contributed by atoms with Crippen LogP contribution < -0.4 is 5.32 Å². The van der Waals surface area contributed by atoms with Crippen LogP contribution in [0.2, 0.25) is 0 Å². The number of nitrogens with one attached hydrogen (secondary N) is 1. The molecule has 0 spiro atoms. The molecule has 0 saturated carbocycles. The number of hydrogen-bond donors (Lipinski definition) is 1. The van der Waals surface area contributed by atoms with Crippen molar-refractivity contribution in [3.05, 3.63) is 0 Å². The Bertz CT molecular complexity index is 364. The van der Waals surface area contributed by atoms with Gasteiger partial charge in [0.15, 0.2) is 9.84 Å². The number of nitrogens with zero attached hydrogens (tertiary/aromatic N) is 1. The molecule has 0 bridgehead atoms. The van der Waals surface area contributed by atoms with Crippen LogP contribution in [0, 0.1) is 5.92 Å². The highest BCUT2D eigenvalue weighted by molar-refractivity contribution is 7.91. The second-order valence-corrected chi connectivity index (χ2v) is 8.02. The van der Waals surface area contributed by atoms with Crippen LogP contribution in [-0.2, 0) is 14.6 Å². The molecule has 2 saturated heterocycles. The predicted molar refractivity (Wildman–Crippen MR) is 76.1 cm³/mol. The monoisotopic (exact) mass is 290 g/mol. The lowest BCUT2D eigenvalue weighted by Crippen LogP contribution is -2.47. The SMILES string of the molecule is COCC1CCN(CCC2CS(=O)(=O)CCN2)CC1. The van der Waals surface area contributed by atoms with E-state index in [4.69, 9.17) is 4.74 Å². The van der Waals surface area contributed by atoms with Crippen molar-refractivity contribution in [2.75, 3.05) is 51.4 Å². The van der Waals surface area contributed by atoms with E-state index in [2.05, 4.69) is 10.2 Å². The van der Waals surface area contributed by atoms with E-state index in [0.29, 0.717) is 24.0 Å². The second kappa shape index (κ2) is 7.02. The van der Waals surface area contributed by atoms with Gasteiger partial charge in [0.05, 0.1) is 11.5 Å². The molecule has 2 aliphatic rings. The van der Waals surface area contributed by atoms with Gasteiger partial charge in [0, 0.05) is 26.3 Å². The summed E-state index contributed by atoms with van der Waals surface area (Å²) in [6, 6.07) is 0.149. The lowest BCUT2D eigenvalue weighted by Gasteiger charge is -2.33. The molecule has 0 aromatic rings. The summed E-state index contributed by atoms with van der Waals surface area (Å²) < 4.78 is 28.3. The minimum Gasteiger partial charge on any atom is -0.384 e. The molecule has 1 unspecified atom stereocenters. The molecule has 19 heavy (non-hydrogen) atoms. The number of rotatable bonds is 5. The zero-order valence-corrected chi connectivity index (χ0v) is 12.6. The highest BCUT2D eigenvalue weighted by Gasteiger charge is 2.25. The zero-order chi connectivity index (χ0) is 13.7. The van der Waals surface area contributed by atoms with Gasteiger partial charge >= 0.3 is 0 Å². The largest absolute Gasteiger partial charge is 0.384 e. The van der Waals surface area contributed by atoms with E-state index in [1.807, 2.05) is 0 Å². The van der Waals surface area contributed by atoms with Gasteiger partial charge in [-0.3, -0.25) is 0 Å². The molecule has 0 aromatic heterocycles. The molecule has 0 radical (unpaired) electrons. The fourth-order valence-corrected chi connectivity index (χ4v) is 4.50. The molecular weight excluding hydrogens is 264 g/mol. The van der Waals surface area contributed by atoms with Crippen LogP contribution in [0.1, 0.15) is 19.3 Å². The Kier molecular flexibility index (Phi) is 5.62. The van der Waals surface area contributed by atoms with Crippen molar-refractivity contribution in [1.82, 2.24) is 10.2 Å². The number of hydrogen-bond acceptors (Lipinski definition) is 5. The smallest absolute Gasteiger partial charge is 0.153 e. The fraction of sp³-hybridized carbons (Fsp3) is 1.00. The molecule has 0 aliphatic carbocycles. The summed E-state index contributed by atoms with van der Waals surface area (Å²) >= 11 is 0. The molecule has 112 valence electrons. The molecular formula is C13H26N2O3S. The first-order valence-corrected chi connectivity index (χ1v) is 9.06. The topological polar surface area (TPSA) is 58.6 Å². The molecule has 1 atom stereocenters. The van der Waals surface area contributed by atoms with Gasteiger partial charge in [-0.25, -0.2) is 8.42 Å². The minimum absolute atomic E-state index is 0.149. The average molecular weight is 290 g/mol. The molecule has 0 amide bonds. The van der Waals surface area contributed by atoms with Crippen molar-refractivity contribution < 1.29 is 13.2 Å². The number of likely N-dealkylation sites (tertiary alicyclic amines) is 1. The van der Waals surface area contributed by atoms with E-state index in [-0.39, 0.29) is 6.04 Å². The maximum absolute atomic E-state index is 11.6. The quantitative estimate of drug-likeness (QED) is 0.779. The third-order valence-electron chi connectivity index (χ3n) is 4.20. The summed E-state index contributed by atoms with van der Waals surface area (Å²) in [6.45, 7) is 4.73. The standard InChI is InChI=1S/C13H26N2O3S/c1-18-10-12-2-6-15(7-3-12)8-4-13-11-19(16,17)9-5-14-13/h12-14H,2-11H2,1H3. The average Bonchev–Trinajstić information content (AvgIpc) is 2.37. The number of piperidine rings is 1. The Morgan fingerprint density at radius 3 is 2.68 bits per heavy atom. The summed E-state index contributed by atoms with van der Waals surface area (Å²) in [5.74, 6) is 1.31. The lowest BCUT2D eigenvalue weighted by molar-refractivity contribution is 0.0980. The van der Waals surface area contributed by atoms with E-state index in [9.17, 15) is 8.42 Å². The second-order valence-electron chi connectivity index (χ2n) is 5.79. The predicted octanol–water partition coefficient (Wildman–Crippen LogP) is 0.122. The Morgan fingerprint density at radius 2 is 2.05 bits per heavy atom. The number of ether oxygens (including phenoxy) is 1. The summed E-state index contributed by atoms with van der Waals surface area (Å²) in [7, 11) is -1.03. The van der Waals surface area contributed by atoms with Crippen molar-refractivity contribution >= 4 is 9.84 Å². The third-order valence-corrected chi connectivity index (χ3v) is 5.94. The van der Waals surface area contributed by atoms with Crippen molar-refractivity contribution in [2.24, 2.45) is 5.92 Å².